The van der Waals surface area contributed by atoms with Crippen LogP contribution in [-0.2, 0) is 16.0 Å². The lowest BCUT2D eigenvalue weighted by Crippen LogP contribution is -2.39. The van der Waals surface area contributed by atoms with Gasteiger partial charge in [-0.25, -0.2) is 4.98 Å². The fourth-order valence-corrected chi connectivity index (χ4v) is 4.49. The zero-order valence-corrected chi connectivity index (χ0v) is 18.0. The van der Waals surface area contributed by atoms with E-state index in [2.05, 4.69) is 10.3 Å². The van der Waals surface area contributed by atoms with Gasteiger partial charge < -0.3 is 19.4 Å². The van der Waals surface area contributed by atoms with Gasteiger partial charge in [-0.15, -0.1) is 0 Å². The standard InChI is InChI=1S/C25H27N3O4/c29-23-12-9-17-15-19(10-11-20(17)26-23)31-14-4-8-24(30)28-13-3-5-18(16-28)25-27-21-6-1-2-7-22(21)32-25/h1-2,6-7,10-11,15,18H,3-5,8-9,12-14,16H2,(H,26,29). The Hall–Kier alpha value is -3.35. The van der Waals surface area contributed by atoms with Crippen molar-refractivity contribution in [3.05, 3.63) is 53.9 Å². The van der Waals surface area contributed by atoms with E-state index in [1.54, 1.807) is 0 Å². The third-order valence-corrected chi connectivity index (χ3v) is 6.21. The number of anilines is 1. The third-order valence-electron chi connectivity index (χ3n) is 6.21. The molecule has 2 amide bonds. The molecule has 1 unspecified atom stereocenters. The Morgan fingerprint density at radius 3 is 3.03 bits per heavy atom. The molecule has 3 heterocycles. The number of hydrogen-bond acceptors (Lipinski definition) is 5. The molecule has 1 atom stereocenters. The summed E-state index contributed by atoms with van der Waals surface area (Å²) >= 11 is 0. The molecular formula is C25H27N3O4. The summed E-state index contributed by atoms with van der Waals surface area (Å²) in [5.74, 6) is 1.87. The average molecular weight is 434 g/mol. The summed E-state index contributed by atoms with van der Waals surface area (Å²) < 4.78 is 11.8. The number of amides is 2. The molecule has 0 bridgehead atoms. The van der Waals surface area contributed by atoms with Crippen LogP contribution in [0.3, 0.4) is 0 Å². The number of oxazole rings is 1. The van der Waals surface area contributed by atoms with Gasteiger partial charge in [0.05, 0.1) is 12.5 Å². The molecule has 2 aliphatic rings. The maximum Gasteiger partial charge on any atom is 0.224 e. The van der Waals surface area contributed by atoms with Crippen LogP contribution in [0.1, 0.15) is 49.5 Å². The first kappa shape index (κ1) is 20.5. The Morgan fingerprint density at radius 2 is 2.12 bits per heavy atom. The number of piperidine rings is 1. The molecule has 2 aliphatic heterocycles. The minimum atomic E-state index is 0.0562. The highest BCUT2D eigenvalue weighted by atomic mass is 16.5. The number of hydrogen-bond donors (Lipinski definition) is 1. The highest BCUT2D eigenvalue weighted by Crippen LogP contribution is 2.30. The van der Waals surface area contributed by atoms with Gasteiger partial charge in [-0.2, -0.15) is 0 Å². The van der Waals surface area contributed by atoms with E-state index >= 15 is 0 Å². The van der Waals surface area contributed by atoms with Crippen LogP contribution in [0.25, 0.3) is 11.1 Å². The first-order chi connectivity index (χ1) is 15.7. The number of aryl methyl sites for hydroxylation is 1. The van der Waals surface area contributed by atoms with Crippen LogP contribution in [-0.4, -0.2) is 41.4 Å². The molecule has 3 aromatic rings. The number of nitrogens with one attached hydrogen (secondary N) is 1. The molecule has 0 spiro atoms. The first-order valence-corrected chi connectivity index (χ1v) is 11.3. The SMILES string of the molecule is O=C1CCc2cc(OCCCC(=O)N3CCCC(c4nc5ccccc5o4)C3)ccc2N1. The number of rotatable bonds is 6. The van der Waals surface area contributed by atoms with Crippen molar-refractivity contribution in [3.63, 3.8) is 0 Å². The summed E-state index contributed by atoms with van der Waals surface area (Å²) in [6.07, 6.45) is 4.30. The van der Waals surface area contributed by atoms with E-state index in [4.69, 9.17) is 9.15 Å². The molecule has 0 radical (unpaired) electrons. The Kier molecular flexibility index (Phi) is 5.79. The number of nitrogens with zero attached hydrogens (tertiary/aromatic N) is 2. The van der Waals surface area contributed by atoms with E-state index in [1.807, 2.05) is 47.4 Å². The molecule has 7 nitrogen and oxygen atoms in total. The molecule has 0 saturated carbocycles. The molecule has 7 heteroatoms. The summed E-state index contributed by atoms with van der Waals surface area (Å²) in [5.41, 5.74) is 3.62. The lowest BCUT2D eigenvalue weighted by molar-refractivity contribution is -0.132. The molecule has 1 fully saturated rings. The predicted molar refractivity (Wildman–Crippen MR) is 121 cm³/mol. The van der Waals surface area contributed by atoms with E-state index < -0.39 is 0 Å². The second kappa shape index (κ2) is 9.02. The highest BCUT2D eigenvalue weighted by molar-refractivity contribution is 5.94. The van der Waals surface area contributed by atoms with E-state index in [0.717, 1.165) is 59.8 Å². The maximum atomic E-state index is 12.8. The minimum Gasteiger partial charge on any atom is -0.494 e. The smallest absolute Gasteiger partial charge is 0.224 e. The van der Waals surface area contributed by atoms with Crippen molar-refractivity contribution < 1.29 is 18.7 Å². The van der Waals surface area contributed by atoms with E-state index in [0.29, 0.717) is 32.4 Å². The molecule has 1 aromatic heterocycles. The number of carbonyl (C=O) groups is 2. The second-order valence-electron chi connectivity index (χ2n) is 8.52. The number of fused-ring (bicyclic) bond motifs is 2. The topological polar surface area (TPSA) is 84.7 Å². The van der Waals surface area contributed by atoms with Crippen LogP contribution in [0.2, 0.25) is 0 Å². The van der Waals surface area contributed by atoms with Crippen LogP contribution in [0.15, 0.2) is 46.9 Å². The Morgan fingerprint density at radius 1 is 1.22 bits per heavy atom. The molecule has 2 aromatic carbocycles. The predicted octanol–water partition coefficient (Wildman–Crippen LogP) is 4.28. The van der Waals surface area contributed by atoms with Crippen LogP contribution in [0.5, 0.6) is 5.75 Å². The molecule has 32 heavy (non-hydrogen) atoms. The number of benzene rings is 2. The summed E-state index contributed by atoms with van der Waals surface area (Å²) in [5, 5.41) is 2.87. The fourth-order valence-electron chi connectivity index (χ4n) is 4.49. The zero-order valence-electron chi connectivity index (χ0n) is 18.0. The van der Waals surface area contributed by atoms with Gasteiger partial charge in [-0.1, -0.05) is 12.1 Å². The van der Waals surface area contributed by atoms with Crippen LogP contribution in [0, 0.1) is 0 Å². The molecule has 1 N–H and O–H groups in total. The minimum absolute atomic E-state index is 0.0562. The van der Waals surface area contributed by atoms with Gasteiger partial charge in [-0.05, 0) is 61.6 Å². The molecular weight excluding hydrogens is 406 g/mol. The third kappa shape index (κ3) is 4.47. The summed E-state index contributed by atoms with van der Waals surface area (Å²) in [4.78, 5) is 30.8. The second-order valence-corrected chi connectivity index (χ2v) is 8.52. The Bertz CT molecular complexity index is 1110. The number of likely N-dealkylation sites (tertiary alicyclic amines) is 1. The van der Waals surface area contributed by atoms with Gasteiger partial charge in [0.15, 0.2) is 11.5 Å². The van der Waals surface area contributed by atoms with Gasteiger partial charge in [-0.3, -0.25) is 9.59 Å². The summed E-state index contributed by atoms with van der Waals surface area (Å²) in [7, 11) is 0. The Labute approximate surface area is 186 Å². The molecule has 5 rings (SSSR count). The van der Waals surface area contributed by atoms with Crippen molar-refractivity contribution in [1.82, 2.24) is 9.88 Å². The monoisotopic (exact) mass is 433 g/mol. The quantitative estimate of drug-likeness (QED) is 0.587. The summed E-state index contributed by atoms with van der Waals surface area (Å²) in [6, 6.07) is 13.5. The van der Waals surface area contributed by atoms with Gasteiger partial charge in [0.25, 0.3) is 0 Å². The van der Waals surface area contributed by atoms with Crippen molar-refractivity contribution in [1.29, 1.82) is 0 Å². The average Bonchev–Trinajstić information content (AvgIpc) is 3.26. The highest BCUT2D eigenvalue weighted by Gasteiger charge is 2.27. The number of para-hydroxylation sites is 2. The van der Waals surface area contributed by atoms with Crippen LogP contribution < -0.4 is 10.1 Å². The van der Waals surface area contributed by atoms with E-state index in [9.17, 15) is 9.59 Å². The fraction of sp³-hybridized carbons (Fsp3) is 0.400. The lowest BCUT2D eigenvalue weighted by atomic mass is 9.97. The lowest BCUT2D eigenvalue weighted by Gasteiger charge is -2.31. The van der Waals surface area contributed by atoms with Crippen molar-refractivity contribution in [3.8, 4) is 5.75 Å². The first-order valence-electron chi connectivity index (χ1n) is 11.3. The molecule has 1 saturated heterocycles. The summed E-state index contributed by atoms with van der Waals surface area (Å²) in [6.45, 7) is 1.93. The Balaban J connectivity index is 1.11. The number of aromatic nitrogens is 1. The van der Waals surface area contributed by atoms with Crippen molar-refractivity contribution in [2.75, 3.05) is 25.0 Å². The van der Waals surface area contributed by atoms with Gasteiger partial charge in [0.1, 0.15) is 11.3 Å². The normalized spacial score (nSPS) is 18.3. The molecule has 166 valence electrons. The number of carbonyl (C=O) groups excluding carboxylic acids is 2. The van der Waals surface area contributed by atoms with Crippen LogP contribution in [0.4, 0.5) is 5.69 Å². The van der Waals surface area contributed by atoms with Gasteiger partial charge in [0, 0.05) is 31.6 Å². The van der Waals surface area contributed by atoms with Gasteiger partial charge >= 0.3 is 0 Å². The largest absolute Gasteiger partial charge is 0.494 e. The van der Waals surface area contributed by atoms with E-state index in [-0.39, 0.29) is 17.7 Å². The maximum absolute atomic E-state index is 12.8. The number of ether oxygens (including phenoxy) is 1. The van der Waals surface area contributed by atoms with Crippen LogP contribution >= 0.6 is 0 Å². The van der Waals surface area contributed by atoms with E-state index in [1.165, 1.54) is 0 Å². The van der Waals surface area contributed by atoms with Gasteiger partial charge in [0.2, 0.25) is 11.8 Å². The zero-order chi connectivity index (χ0) is 21.9. The molecule has 0 aliphatic carbocycles. The van der Waals surface area contributed by atoms with Crippen molar-refractivity contribution in [2.24, 2.45) is 0 Å². The van der Waals surface area contributed by atoms with Crippen molar-refractivity contribution >= 4 is 28.6 Å². The van der Waals surface area contributed by atoms with Crippen molar-refractivity contribution in [2.45, 2.75) is 44.4 Å².